The average molecular weight is 895 g/mol. The van der Waals surface area contributed by atoms with Crippen molar-refractivity contribution in [1.82, 2.24) is 45.5 Å². The molecule has 18 nitrogen and oxygen atoms in total. The molecule has 4 amide bonds. The Morgan fingerprint density at radius 2 is 1.89 bits per heavy atom. The van der Waals surface area contributed by atoms with E-state index in [1.165, 1.54) is 34.0 Å². The molecule has 6 rings (SSSR count). The van der Waals surface area contributed by atoms with Gasteiger partial charge in [0.25, 0.3) is 5.91 Å². The number of pyridine rings is 2. The third kappa shape index (κ3) is 11.9. The van der Waals surface area contributed by atoms with Gasteiger partial charge in [0.15, 0.2) is 11.6 Å². The van der Waals surface area contributed by atoms with Gasteiger partial charge in [-0.15, -0.1) is 0 Å². The van der Waals surface area contributed by atoms with Crippen LogP contribution < -0.4 is 32.2 Å². The molecule has 346 valence electrons. The van der Waals surface area contributed by atoms with E-state index >= 15 is 0 Å². The predicted molar refractivity (Wildman–Crippen MR) is 240 cm³/mol. The SMILES string of the molecule is C[C@H]1Oc2cc(cnc2N)-c2c(nn(CC(=O)NCCCN3C[C@H](NC(=O)[C@H](CCCc4cccnc4N)NC(=O)OC(C)(C)C)C(C)(C)C3)c2C#N)CN(C)C(=O)c2ccc(F)cc21. The number of fused-ring (bicyclic) bond motifs is 5. The van der Waals surface area contributed by atoms with Crippen molar-refractivity contribution in [2.75, 3.05) is 44.7 Å². The van der Waals surface area contributed by atoms with Gasteiger partial charge < -0.3 is 46.7 Å². The topological polar surface area (TPSA) is 249 Å². The van der Waals surface area contributed by atoms with Crippen molar-refractivity contribution in [2.24, 2.45) is 5.41 Å². The Hall–Kier alpha value is -6.81. The molecular weight excluding hydrogens is 836 g/mol. The van der Waals surface area contributed by atoms with Crippen molar-refractivity contribution in [2.45, 2.75) is 104 Å². The number of aromatic nitrogens is 4. The van der Waals surface area contributed by atoms with Crippen LogP contribution in [-0.2, 0) is 33.8 Å². The first-order valence-corrected chi connectivity index (χ1v) is 21.7. The maximum Gasteiger partial charge on any atom is 0.408 e. The summed E-state index contributed by atoms with van der Waals surface area (Å²) < 4.78 is 27.3. The molecule has 3 aromatic heterocycles. The maximum atomic E-state index is 14.4. The normalized spacial score (nSPS) is 17.6. The molecule has 0 unspecified atom stereocenters. The molecule has 2 aliphatic heterocycles. The van der Waals surface area contributed by atoms with Gasteiger partial charge in [0.1, 0.15) is 47.7 Å². The first-order valence-electron chi connectivity index (χ1n) is 21.7. The van der Waals surface area contributed by atoms with Gasteiger partial charge in [0, 0.05) is 67.4 Å². The monoisotopic (exact) mass is 894 g/mol. The fourth-order valence-corrected chi connectivity index (χ4v) is 8.20. The first kappa shape index (κ1) is 47.7. The number of anilines is 2. The molecule has 2 aliphatic rings. The lowest BCUT2D eigenvalue weighted by Crippen LogP contribution is -2.53. The second kappa shape index (κ2) is 19.9. The Bertz CT molecular complexity index is 2460. The van der Waals surface area contributed by atoms with Crippen molar-refractivity contribution < 1.29 is 33.0 Å². The number of nitrogens with zero attached hydrogens (tertiary/aromatic N) is 7. The van der Waals surface area contributed by atoms with Gasteiger partial charge in [-0.1, -0.05) is 19.9 Å². The maximum absolute atomic E-state index is 14.4. The number of hydrogen-bond acceptors (Lipinski definition) is 13. The van der Waals surface area contributed by atoms with Gasteiger partial charge in [0.05, 0.1) is 12.2 Å². The first-order chi connectivity index (χ1) is 30.7. The summed E-state index contributed by atoms with van der Waals surface area (Å²) in [7, 11) is 1.57. The largest absolute Gasteiger partial charge is 0.482 e. The third-order valence-corrected chi connectivity index (χ3v) is 11.5. The van der Waals surface area contributed by atoms with E-state index in [2.05, 4.69) is 55.8 Å². The lowest BCUT2D eigenvalue weighted by molar-refractivity contribution is -0.124. The van der Waals surface area contributed by atoms with E-state index in [9.17, 15) is 28.8 Å². The standard InChI is InChI=1S/C46H59FN12O6/c1-27-32-20-30(47)14-15-31(32)43(62)57(7)23-34-39(29-19-36(64-27)41(50)53-22-29)35(21-48)59(56-34)25-38(60)51-17-10-18-58-24-37(46(5,6)26-58)55-42(61)33(54-44(63)65-45(2,3)4)13-8-11-28-12-9-16-52-40(28)49/h9,12,14-16,19-20,22,27,33,37H,8,10-11,13,17-18,23-26H2,1-7H3,(H2,49,52)(H2,50,53)(H,51,60)(H,54,63)(H,55,61)/t27-,33+,37+/m1/s1. The van der Waals surface area contributed by atoms with Gasteiger partial charge >= 0.3 is 6.09 Å². The van der Waals surface area contributed by atoms with Crippen molar-refractivity contribution in [3.8, 4) is 22.9 Å². The van der Waals surface area contributed by atoms with Crippen LogP contribution in [0.15, 0.2) is 48.8 Å². The van der Waals surface area contributed by atoms with E-state index in [-0.39, 0.29) is 59.2 Å². The lowest BCUT2D eigenvalue weighted by atomic mass is 9.87. The number of halogens is 1. The van der Waals surface area contributed by atoms with Gasteiger partial charge in [-0.2, -0.15) is 10.4 Å². The summed E-state index contributed by atoms with van der Waals surface area (Å²) >= 11 is 0. The van der Waals surface area contributed by atoms with Crippen molar-refractivity contribution >= 4 is 35.5 Å². The Balaban J connectivity index is 1.07. The Morgan fingerprint density at radius 1 is 1.12 bits per heavy atom. The minimum atomic E-state index is -0.840. The summed E-state index contributed by atoms with van der Waals surface area (Å²) in [5.74, 6) is -0.988. The fraction of sp³-hybridized carbons (Fsp3) is 0.478. The highest BCUT2D eigenvalue weighted by molar-refractivity contribution is 5.96. The van der Waals surface area contributed by atoms with Crippen molar-refractivity contribution in [3.05, 3.63) is 82.7 Å². The average Bonchev–Trinajstić information content (AvgIpc) is 3.72. The zero-order valence-corrected chi connectivity index (χ0v) is 38.0. The second-order valence-electron chi connectivity index (χ2n) is 18.3. The molecule has 0 spiro atoms. The fourth-order valence-electron chi connectivity index (χ4n) is 8.20. The molecule has 1 saturated heterocycles. The van der Waals surface area contributed by atoms with Crippen LogP contribution in [0.3, 0.4) is 0 Å². The van der Waals surface area contributed by atoms with Crippen LogP contribution in [0.5, 0.6) is 5.75 Å². The highest BCUT2D eigenvalue weighted by Crippen LogP contribution is 2.36. The number of benzene rings is 1. The number of hydrogen-bond donors (Lipinski definition) is 5. The summed E-state index contributed by atoms with van der Waals surface area (Å²) in [6.45, 7) is 13.0. The van der Waals surface area contributed by atoms with E-state index in [1.54, 1.807) is 47.0 Å². The van der Waals surface area contributed by atoms with Crippen molar-refractivity contribution in [1.29, 1.82) is 5.26 Å². The Labute approximate surface area is 378 Å². The number of alkyl carbamates (subject to hydrolysis) is 1. The van der Waals surface area contributed by atoms with Crippen LogP contribution in [0.2, 0.25) is 0 Å². The van der Waals surface area contributed by atoms with E-state index in [0.29, 0.717) is 80.1 Å². The zero-order chi connectivity index (χ0) is 47.2. The minimum Gasteiger partial charge on any atom is -0.482 e. The van der Waals surface area contributed by atoms with Gasteiger partial charge in [-0.05, 0) is 101 Å². The van der Waals surface area contributed by atoms with Gasteiger partial charge in [-0.25, -0.2) is 23.8 Å². The second-order valence-corrected chi connectivity index (χ2v) is 18.3. The molecule has 19 heteroatoms. The molecule has 1 aromatic carbocycles. The van der Waals surface area contributed by atoms with Crippen LogP contribution in [0, 0.1) is 22.6 Å². The summed E-state index contributed by atoms with van der Waals surface area (Å²) in [5.41, 5.74) is 13.8. The quantitative estimate of drug-likeness (QED) is 0.116. The summed E-state index contributed by atoms with van der Waals surface area (Å²) in [5, 5.41) is 24.0. The lowest BCUT2D eigenvalue weighted by Gasteiger charge is -2.29. The molecule has 5 heterocycles. The summed E-state index contributed by atoms with van der Waals surface area (Å²) in [4.78, 5) is 65.8. The molecule has 2 bridgehead atoms. The molecule has 0 saturated carbocycles. The number of carbonyl (C=O) groups is 4. The number of carbonyl (C=O) groups excluding carboxylic acids is 4. The van der Waals surface area contributed by atoms with E-state index in [0.717, 1.165) is 5.56 Å². The number of ether oxygens (including phenoxy) is 2. The Morgan fingerprint density at radius 3 is 2.62 bits per heavy atom. The van der Waals surface area contributed by atoms with Gasteiger partial charge in [-0.3, -0.25) is 14.4 Å². The number of amides is 4. The summed E-state index contributed by atoms with van der Waals surface area (Å²) in [6.07, 6.45) is 3.74. The van der Waals surface area contributed by atoms with Crippen LogP contribution >= 0.6 is 0 Å². The molecule has 0 aliphatic carbocycles. The molecule has 1 fully saturated rings. The number of nitrogens with two attached hydrogens (primary N) is 2. The predicted octanol–water partition coefficient (Wildman–Crippen LogP) is 4.49. The molecule has 3 atom stereocenters. The summed E-state index contributed by atoms with van der Waals surface area (Å²) in [6, 6.07) is 10.3. The highest BCUT2D eigenvalue weighted by atomic mass is 19.1. The number of nitrogens with one attached hydrogen (secondary N) is 3. The van der Waals surface area contributed by atoms with Crippen LogP contribution in [0.1, 0.15) is 99.8 Å². The molecule has 0 radical (unpaired) electrons. The molecule has 7 N–H and O–H groups in total. The highest BCUT2D eigenvalue weighted by Gasteiger charge is 2.41. The number of likely N-dealkylation sites (tertiary alicyclic amines) is 1. The molecule has 4 aromatic rings. The van der Waals surface area contributed by atoms with Crippen LogP contribution in [0.4, 0.5) is 20.8 Å². The van der Waals surface area contributed by atoms with E-state index in [1.807, 2.05) is 12.1 Å². The third-order valence-electron chi connectivity index (χ3n) is 11.5. The van der Waals surface area contributed by atoms with Crippen LogP contribution in [-0.4, -0.2) is 104 Å². The van der Waals surface area contributed by atoms with E-state index in [4.69, 9.17) is 20.9 Å². The molecular formula is C46H59FN12O6. The van der Waals surface area contributed by atoms with Crippen molar-refractivity contribution in [3.63, 3.8) is 0 Å². The zero-order valence-electron chi connectivity index (χ0n) is 38.0. The Kier molecular flexibility index (Phi) is 14.6. The number of aryl methyl sites for hydroxylation is 1. The number of rotatable bonds is 13. The minimum absolute atomic E-state index is 0.0422. The van der Waals surface area contributed by atoms with Crippen LogP contribution in [0.25, 0.3) is 11.1 Å². The number of nitriles is 1. The van der Waals surface area contributed by atoms with E-state index < -0.39 is 35.6 Å². The molecule has 65 heavy (non-hydrogen) atoms. The smallest absolute Gasteiger partial charge is 0.408 e. The van der Waals surface area contributed by atoms with Gasteiger partial charge in [0.2, 0.25) is 11.8 Å². The number of nitrogen functional groups attached to an aromatic ring is 2.